The van der Waals surface area contributed by atoms with Crippen LogP contribution >= 0.6 is 27.5 Å². The zero-order valence-corrected chi connectivity index (χ0v) is 14.6. The van der Waals surface area contributed by atoms with Crippen molar-refractivity contribution in [1.82, 2.24) is 4.90 Å². The van der Waals surface area contributed by atoms with Crippen molar-refractivity contribution in [2.24, 2.45) is 0 Å². The fourth-order valence-corrected chi connectivity index (χ4v) is 2.70. The van der Waals surface area contributed by atoms with E-state index in [-0.39, 0.29) is 5.91 Å². The van der Waals surface area contributed by atoms with Crippen molar-refractivity contribution in [1.29, 1.82) is 0 Å². The molecule has 0 bridgehead atoms. The second kappa shape index (κ2) is 6.63. The van der Waals surface area contributed by atoms with Gasteiger partial charge < -0.3 is 4.90 Å². The molecule has 2 rings (SSSR count). The van der Waals surface area contributed by atoms with Gasteiger partial charge in [-0.15, -0.1) is 0 Å². The molecule has 0 aliphatic carbocycles. The van der Waals surface area contributed by atoms with Crippen molar-refractivity contribution in [3.63, 3.8) is 0 Å². The van der Waals surface area contributed by atoms with Crippen molar-refractivity contribution in [2.45, 2.75) is 20.4 Å². The highest BCUT2D eigenvalue weighted by molar-refractivity contribution is 9.10. The molecule has 0 aliphatic rings. The summed E-state index contributed by atoms with van der Waals surface area (Å²) in [4.78, 5) is 14.2. The largest absolute Gasteiger partial charge is 0.337 e. The number of carbonyl (C=O) groups is 1. The average Bonchev–Trinajstić information content (AvgIpc) is 2.44. The van der Waals surface area contributed by atoms with Crippen LogP contribution in [0.3, 0.4) is 0 Å². The lowest BCUT2D eigenvalue weighted by atomic mass is 10.1. The number of rotatable bonds is 3. The Hall–Kier alpha value is -1.32. The number of benzene rings is 2. The molecule has 21 heavy (non-hydrogen) atoms. The molecular formula is C17H17BrClNO. The highest BCUT2D eigenvalue weighted by Gasteiger charge is 2.14. The summed E-state index contributed by atoms with van der Waals surface area (Å²) in [5.74, 6) is -0.0210. The third-order valence-electron chi connectivity index (χ3n) is 3.42. The second-order valence-electron chi connectivity index (χ2n) is 5.22. The minimum absolute atomic E-state index is 0.0210. The molecule has 0 aliphatic heterocycles. The standard InChI is InChI=1S/C17H17BrClNO/c1-11-4-5-14(12(2)8-11)10-20(3)17(21)13-6-7-16(19)15(18)9-13/h4-9H,10H2,1-3H3. The third kappa shape index (κ3) is 3.86. The van der Waals surface area contributed by atoms with Gasteiger partial charge in [0.25, 0.3) is 5.91 Å². The Morgan fingerprint density at radius 2 is 1.90 bits per heavy atom. The van der Waals surface area contributed by atoms with Gasteiger partial charge in [-0.3, -0.25) is 4.79 Å². The maximum atomic E-state index is 12.5. The van der Waals surface area contributed by atoms with Gasteiger partial charge in [-0.1, -0.05) is 35.4 Å². The Bertz CT molecular complexity index is 684. The molecule has 0 unspecified atom stereocenters. The van der Waals surface area contributed by atoms with Gasteiger partial charge in [0.1, 0.15) is 0 Å². The quantitative estimate of drug-likeness (QED) is 0.749. The van der Waals surface area contributed by atoms with E-state index in [0.29, 0.717) is 17.1 Å². The lowest BCUT2D eigenvalue weighted by Gasteiger charge is -2.19. The lowest BCUT2D eigenvalue weighted by molar-refractivity contribution is 0.0785. The number of nitrogens with zero attached hydrogens (tertiary/aromatic N) is 1. The van der Waals surface area contributed by atoms with E-state index in [9.17, 15) is 4.79 Å². The van der Waals surface area contributed by atoms with Crippen molar-refractivity contribution < 1.29 is 4.79 Å². The highest BCUT2D eigenvalue weighted by Crippen LogP contribution is 2.24. The maximum Gasteiger partial charge on any atom is 0.253 e. The van der Waals surface area contributed by atoms with Crippen molar-refractivity contribution >= 4 is 33.4 Å². The fourth-order valence-electron chi connectivity index (χ4n) is 2.20. The fraction of sp³-hybridized carbons (Fsp3) is 0.235. The van der Waals surface area contributed by atoms with Crippen LogP contribution in [0.25, 0.3) is 0 Å². The first-order chi connectivity index (χ1) is 9.88. The van der Waals surface area contributed by atoms with Crippen LogP contribution in [0.15, 0.2) is 40.9 Å². The highest BCUT2D eigenvalue weighted by atomic mass is 79.9. The summed E-state index contributed by atoms with van der Waals surface area (Å²) >= 11 is 9.31. The summed E-state index contributed by atoms with van der Waals surface area (Å²) in [6.07, 6.45) is 0. The monoisotopic (exact) mass is 365 g/mol. The predicted molar refractivity (Wildman–Crippen MR) is 90.9 cm³/mol. The van der Waals surface area contributed by atoms with E-state index in [0.717, 1.165) is 10.0 Å². The maximum absolute atomic E-state index is 12.5. The summed E-state index contributed by atoms with van der Waals surface area (Å²) < 4.78 is 0.731. The SMILES string of the molecule is Cc1ccc(CN(C)C(=O)c2ccc(Cl)c(Br)c2)c(C)c1. The van der Waals surface area contributed by atoms with Gasteiger partial charge in [0.15, 0.2) is 0 Å². The number of amides is 1. The topological polar surface area (TPSA) is 20.3 Å². The Labute approximate surface area is 138 Å². The third-order valence-corrected chi connectivity index (χ3v) is 4.63. The van der Waals surface area contributed by atoms with Crippen LogP contribution in [0.1, 0.15) is 27.0 Å². The molecule has 0 N–H and O–H groups in total. The van der Waals surface area contributed by atoms with Crippen LogP contribution in [0.4, 0.5) is 0 Å². The van der Waals surface area contributed by atoms with E-state index in [1.807, 2.05) is 7.05 Å². The lowest BCUT2D eigenvalue weighted by Crippen LogP contribution is -2.26. The van der Waals surface area contributed by atoms with Crippen molar-refractivity contribution in [2.75, 3.05) is 7.05 Å². The molecule has 0 atom stereocenters. The van der Waals surface area contributed by atoms with Crippen LogP contribution in [0, 0.1) is 13.8 Å². The van der Waals surface area contributed by atoms with E-state index in [1.165, 1.54) is 11.1 Å². The van der Waals surface area contributed by atoms with Gasteiger partial charge in [0.2, 0.25) is 0 Å². The molecule has 0 saturated carbocycles. The van der Waals surface area contributed by atoms with E-state index in [2.05, 4.69) is 48.0 Å². The minimum Gasteiger partial charge on any atom is -0.337 e. The minimum atomic E-state index is -0.0210. The Balaban J connectivity index is 2.17. The molecule has 110 valence electrons. The Morgan fingerprint density at radius 1 is 1.19 bits per heavy atom. The number of hydrogen-bond acceptors (Lipinski definition) is 1. The molecular weight excluding hydrogens is 350 g/mol. The van der Waals surface area contributed by atoms with E-state index < -0.39 is 0 Å². The van der Waals surface area contributed by atoms with Gasteiger partial charge >= 0.3 is 0 Å². The van der Waals surface area contributed by atoms with Crippen LogP contribution in [0.2, 0.25) is 5.02 Å². The second-order valence-corrected chi connectivity index (χ2v) is 6.48. The normalized spacial score (nSPS) is 10.5. The summed E-state index contributed by atoms with van der Waals surface area (Å²) in [6, 6.07) is 11.5. The van der Waals surface area contributed by atoms with Gasteiger partial charge in [-0.25, -0.2) is 0 Å². The first-order valence-corrected chi connectivity index (χ1v) is 7.82. The van der Waals surface area contributed by atoms with Gasteiger partial charge in [-0.2, -0.15) is 0 Å². The number of hydrogen-bond donors (Lipinski definition) is 0. The Morgan fingerprint density at radius 3 is 2.52 bits per heavy atom. The first-order valence-electron chi connectivity index (χ1n) is 6.65. The van der Waals surface area contributed by atoms with Crippen LogP contribution < -0.4 is 0 Å². The summed E-state index contributed by atoms with van der Waals surface area (Å²) in [6.45, 7) is 4.72. The van der Waals surface area contributed by atoms with Gasteiger partial charge in [0, 0.05) is 23.6 Å². The molecule has 0 spiro atoms. The zero-order chi connectivity index (χ0) is 15.6. The first kappa shape index (κ1) is 16.1. The molecule has 2 aromatic carbocycles. The average molecular weight is 367 g/mol. The molecule has 4 heteroatoms. The van der Waals surface area contributed by atoms with Crippen LogP contribution in [-0.2, 0) is 6.54 Å². The van der Waals surface area contributed by atoms with Crippen LogP contribution in [-0.4, -0.2) is 17.9 Å². The zero-order valence-electron chi connectivity index (χ0n) is 12.3. The molecule has 0 radical (unpaired) electrons. The van der Waals surface area contributed by atoms with E-state index in [4.69, 9.17) is 11.6 Å². The number of carbonyl (C=O) groups excluding carboxylic acids is 1. The summed E-state index contributed by atoms with van der Waals surface area (Å²) in [5.41, 5.74) is 4.21. The molecule has 0 aromatic heterocycles. The molecule has 1 amide bonds. The molecule has 0 heterocycles. The number of aryl methyl sites for hydroxylation is 2. The molecule has 0 fully saturated rings. The summed E-state index contributed by atoms with van der Waals surface area (Å²) in [7, 11) is 1.81. The summed E-state index contributed by atoms with van der Waals surface area (Å²) in [5, 5.41) is 0.601. The van der Waals surface area contributed by atoms with Gasteiger partial charge in [0.05, 0.1) is 5.02 Å². The predicted octanol–water partition coefficient (Wildman–Crippen LogP) is 4.99. The van der Waals surface area contributed by atoms with Gasteiger partial charge in [-0.05, 0) is 59.1 Å². The Kier molecular flexibility index (Phi) is 5.07. The van der Waals surface area contributed by atoms with E-state index in [1.54, 1.807) is 23.1 Å². The van der Waals surface area contributed by atoms with E-state index >= 15 is 0 Å². The molecule has 2 nitrogen and oxygen atoms in total. The van der Waals surface area contributed by atoms with Crippen molar-refractivity contribution in [3.05, 3.63) is 68.1 Å². The number of halogens is 2. The molecule has 0 saturated heterocycles. The molecule has 2 aromatic rings. The van der Waals surface area contributed by atoms with Crippen molar-refractivity contribution in [3.8, 4) is 0 Å². The van der Waals surface area contributed by atoms with Crippen LogP contribution in [0.5, 0.6) is 0 Å². The smallest absolute Gasteiger partial charge is 0.253 e.